The number of hydrogen-bond donors (Lipinski definition) is 3. The summed E-state index contributed by atoms with van der Waals surface area (Å²) in [6.45, 7) is 4.00. The quantitative estimate of drug-likeness (QED) is 0.623. The molecule has 0 aromatic heterocycles. The van der Waals surface area contributed by atoms with E-state index in [-0.39, 0.29) is 5.56 Å². The van der Waals surface area contributed by atoms with E-state index in [4.69, 9.17) is 10.2 Å². The van der Waals surface area contributed by atoms with Crippen LogP contribution in [-0.4, -0.2) is 23.2 Å². The number of amides is 1. The van der Waals surface area contributed by atoms with Crippen LogP contribution in [0, 0.1) is 5.82 Å². The van der Waals surface area contributed by atoms with Crippen LogP contribution in [0.15, 0.2) is 12.1 Å². The molecule has 0 radical (unpaired) electrons. The molecule has 4 nitrogen and oxygen atoms in total. The molecular weight excluding hydrogens is 201 g/mol. The zero-order valence-corrected chi connectivity index (χ0v) is 8.84. The van der Waals surface area contributed by atoms with E-state index in [0.29, 0.717) is 0 Å². The zero-order chi connectivity index (χ0) is 12.0. The van der Waals surface area contributed by atoms with E-state index >= 15 is 0 Å². The van der Waals surface area contributed by atoms with Crippen LogP contribution >= 0.6 is 0 Å². The molecule has 0 spiro atoms. The normalized spacial score (nSPS) is 8.80. The zero-order valence-electron chi connectivity index (χ0n) is 8.84. The van der Waals surface area contributed by atoms with Crippen molar-refractivity contribution >= 4 is 5.91 Å². The number of hydrogen-bond acceptors (Lipinski definition) is 3. The van der Waals surface area contributed by atoms with E-state index in [9.17, 15) is 9.18 Å². The van der Waals surface area contributed by atoms with Gasteiger partial charge in [0.15, 0.2) is 17.3 Å². The first kappa shape index (κ1) is 13.2. The third-order valence-electron chi connectivity index (χ3n) is 1.53. The summed E-state index contributed by atoms with van der Waals surface area (Å²) in [7, 11) is 1.38. The molecule has 15 heavy (non-hydrogen) atoms. The standard InChI is InChI=1S/C8H8FNO3.C2H6/c1-10-8(13)4-2-5(9)7(12)6(11)3-4;1-2/h2-3,11-12H,1H3,(H,10,13);1-2H3. The van der Waals surface area contributed by atoms with Gasteiger partial charge in [-0.15, -0.1) is 0 Å². The highest BCUT2D eigenvalue weighted by Gasteiger charge is 2.12. The highest BCUT2D eigenvalue weighted by Crippen LogP contribution is 2.28. The predicted octanol–water partition coefficient (Wildman–Crippen LogP) is 1.62. The van der Waals surface area contributed by atoms with Gasteiger partial charge < -0.3 is 15.5 Å². The Morgan fingerprint density at radius 1 is 1.33 bits per heavy atom. The van der Waals surface area contributed by atoms with Crippen LogP contribution in [0.4, 0.5) is 4.39 Å². The SMILES string of the molecule is CC.CNC(=O)c1cc(O)c(O)c(F)c1. The average molecular weight is 215 g/mol. The van der Waals surface area contributed by atoms with Crippen molar-refractivity contribution in [2.24, 2.45) is 0 Å². The molecular formula is C10H14FNO3. The molecule has 0 fully saturated rings. The molecule has 1 aromatic carbocycles. The molecule has 0 saturated heterocycles. The van der Waals surface area contributed by atoms with Gasteiger partial charge in [-0.1, -0.05) is 13.8 Å². The van der Waals surface area contributed by atoms with E-state index in [1.165, 1.54) is 7.05 Å². The minimum absolute atomic E-state index is 0.0460. The maximum atomic E-state index is 12.7. The Balaban J connectivity index is 0.000000921. The fraction of sp³-hybridized carbons (Fsp3) is 0.300. The largest absolute Gasteiger partial charge is 0.504 e. The lowest BCUT2D eigenvalue weighted by molar-refractivity contribution is 0.0962. The fourth-order valence-corrected chi connectivity index (χ4v) is 0.860. The van der Waals surface area contributed by atoms with Crippen LogP contribution in [-0.2, 0) is 0 Å². The van der Waals surface area contributed by atoms with Gasteiger partial charge in [0.1, 0.15) is 0 Å². The predicted molar refractivity (Wildman–Crippen MR) is 54.5 cm³/mol. The Kier molecular flexibility index (Phi) is 5.15. The lowest BCUT2D eigenvalue weighted by Crippen LogP contribution is -2.17. The first-order valence-electron chi connectivity index (χ1n) is 4.50. The molecule has 1 amide bonds. The minimum atomic E-state index is -1.03. The maximum absolute atomic E-state index is 12.7. The maximum Gasteiger partial charge on any atom is 0.251 e. The summed E-state index contributed by atoms with van der Waals surface area (Å²) < 4.78 is 12.7. The first-order chi connectivity index (χ1) is 7.06. The van der Waals surface area contributed by atoms with Crippen molar-refractivity contribution in [2.75, 3.05) is 7.05 Å². The molecule has 0 heterocycles. The van der Waals surface area contributed by atoms with Crippen LogP contribution in [0.3, 0.4) is 0 Å². The van der Waals surface area contributed by atoms with E-state index in [1.807, 2.05) is 13.8 Å². The summed E-state index contributed by atoms with van der Waals surface area (Å²) in [5.74, 6) is -3.07. The molecule has 0 aliphatic carbocycles. The van der Waals surface area contributed by atoms with Gasteiger partial charge in [-0.3, -0.25) is 4.79 Å². The van der Waals surface area contributed by atoms with Gasteiger partial charge in [-0.2, -0.15) is 0 Å². The second-order valence-electron chi connectivity index (χ2n) is 2.40. The van der Waals surface area contributed by atoms with Crippen molar-refractivity contribution in [1.82, 2.24) is 5.32 Å². The third kappa shape index (κ3) is 3.12. The second kappa shape index (κ2) is 5.85. The summed E-state index contributed by atoms with van der Waals surface area (Å²) in [6, 6.07) is 1.82. The van der Waals surface area contributed by atoms with E-state index in [1.54, 1.807) is 0 Å². The monoisotopic (exact) mass is 215 g/mol. The highest BCUT2D eigenvalue weighted by molar-refractivity contribution is 5.94. The van der Waals surface area contributed by atoms with Crippen LogP contribution in [0.5, 0.6) is 11.5 Å². The Bertz CT molecular complexity index is 330. The number of nitrogens with one attached hydrogen (secondary N) is 1. The lowest BCUT2D eigenvalue weighted by atomic mass is 10.2. The van der Waals surface area contributed by atoms with E-state index in [0.717, 1.165) is 12.1 Å². The van der Waals surface area contributed by atoms with Crippen molar-refractivity contribution in [3.63, 3.8) is 0 Å². The van der Waals surface area contributed by atoms with E-state index in [2.05, 4.69) is 5.32 Å². The highest BCUT2D eigenvalue weighted by atomic mass is 19.1. The van der Waals surface area contributed by atoms with Crippen LogP contribution < -0.4 is 5.32 Å². The molecule has 0 aliphatic heterocycles. The van der Waals surface area contributed by atoms with Gasteiger partial charge in [0, 0.05) is 12.6 Å². The van der Waals surface area contributed by atoms with Crippen LogP contribution in [0.1, 0.15) is 24.2 Å². The van der Waals surface area contributed by atoms with Crippen molar-refractivity contribution in [1.29, 1.82) is 0 Å². The Morgan fingerprint density at radius 3 is 2.27 bits per heavy atom. The number of aromatic hydroxyl groups is 2. The van der Waals surface area contributed by atoms with Crippen molar-refractivity contribution in [2.45, 2.75) is 13.8 Å². The van der Waals surface area contributed by atoms with Gasteiger partial charge in [0.2, 0.25) is 0 Å². The summed E-state index contributed by atoms with van der Waals surface area (Å²) in [6.07, 6.45) is 0. The summed E-state index contributed by atoms with van der Waals surface area (Å²) in [5.41, 5.74) is -0.0460. The summed E-state index contributed by atoms with van der Waals surface area (Å²) >= 11 is 0. The molecule has 0 bridgehead atoms. The molecule has 0 unspecified atom stereocenters. The molecule has 3 N–H and O–H groups in total. The molecule has 84 valence electrons. The van der Waals surface area contributed by atoms with E-state index < -0.39 is 23.2 Å². The molecule has 5 heteroatoms. The average Bonchev–Trinajstić information content (AvgIpc) is 2.26. The van der Waals surface area contributed by atoms with Crippen LogP contribution in [0.2, 0.25) is 0 Å². The minimum Gasteiger partial charge on any atom is -0.504 e. The molecule has 1 aromatic rings. The van der Waals surface area contributed by atoms with Crippen molar-refractivity contribution < 1.29 is 19.4 Å². The number of rotatable bonds is 1. The van der Waals surface area contributed by atoms with Gasteiger partial charge in [-0.05, 0) is 12.1 Å². The third-order valence-corrected chi connectivity index (χ3v) is 1.53. The summed E-state index contributed by atoms with van der Waals surface area (Å²) in [4.78, 5) is 11.0. The van der Waals surface area contributed by atoms with Gasteiger partial charge in [-0.25, -0.2) is 4.39 Å². The second-order valence-corrected chi connectivity index (χ2v) is 2.40. The number of halogens is 1. The summed E-state index contributed by atoms with van der Waals surface area (Å²) in [5, 5.41) is 20.0. The topological polar surface area (TPSA) is 69.6 Å². The number of benzene rings is 1. The smallest absolute Gasteiger partial charge is 0.251 e. The number of carbonyl (C=O) groups excluding carboxylic acids is 1. The molecule has 0 aliphatic rings. The molecule has 0 atom stereocenters. The van der Waals surface area contributed by atoms with Gasteiger partial charge in [0.25, 0.3) is 5.91 Å². The van der Waals surface area contributed by atoms with Gasteiger partial charge >= 0.3 is 0 Å². The lowest BCUT2D eigenvalue weighted by Gasteiger charge is -2.03. The molecule has 1 rings (SSSR count). The molecule has 0 saturated carbocycles. The first-order valence-corrected chi connectivity index (χ1v) is 4.50. The van der Waals surface area contributed by atoms with Crippen LogP contribution in [0.25, 0.3) is 0 Å². The Labute approximate surface area is 87.4 Å². The number of phenolic OH excluding ortho intramolecular Hbond substituents is 2. The van der Waals surface area contributed by atoms with Crippen molar-refractivity contribution in [3.05, 3.63) is 23.5 Å². The fourth-order valence-electron chi connectivity index (χ4n) is 0.860. The van der Waals surface area contributed by atoms with Gasteiger partial charge in [0.05, 0.1) is 0 Å². The number of phenols is 2. The number of carbonyl (C=O) groups is 1. The van der Waals surface area contributed by atoms with Crippen molar-refractivity contribution in [3.8, 4) is 11.5 Å². The Morgan fingerprint density at radius 2 is 1.87 bits per heavy atom. The Hall–Kier alpha value is -1.78.